The smallest absolute Gasteiger partial charge is 0.103 e. The largest absolute Gasteiger partial charge is 0.381 e. The van der Waals surface area contributed by atoms with Gasteiger partial charge < -0.3 is 4.74 Å². The lowest BCUT2D eigenvalue weighted by atomic mass is 10.0. The Kier molecular flexibility index (Phi) is 3.17. The van der Waals surface area contributed by atoms with Crippen molar-refractivity contribution in [1.29, 1.82) is 0 Å². The zero-order valence-electron chi connectivity index (χ0n) is 8.04. The molecule has 0 unspecified atom stereocenters. The molecule has 0 atom stereocenters. The summed E-state index contributed by atoms with van der Waals surface area (Å²) in [4.78, 5) is 2.44. The van der Waals surface area contributed by atoms with Gasteiger partial charge in [-0.2, -0.15) is 0 Å². The number of hydrogen-bond donors (Lipinski definition) is 0. The molecule has 2 rings (SSSR count). The lowest BCUT2D eigenvalue weighted by Gasteiger charge is -2.37. The van der Waals surface area contributed by atoms with Gasteiger partial charge in [-0.05, 0) is 25.7 Å². The third-order valence-corrected chi connectivity index (χ3v) is 3.17. The van der Waals surface area contributed by atoms with Gasteiger partial charge in [-0.1, -0.05) is 0 Å². The van der Waals surface area contributed by atoms with Gasteiger partial charge in [0.2, 0.25) is 0 Å². The second-order valence-electron chi connectivity index (χ2n) is 4.05. The first-order chi connectivity index (χ1) is 6.36. The van der Waals surface area contributed by atoms with Crippen LogP contribution in [0.25, 0.3) is 0 Å². The van der Waals surface area contributed by atoms with Gasteiger partial charge in [0.25, 0.3) is 0 Å². The summed E-state index contributed by atoms with van der Waals surface area (Å²) in [5.41, 5.74) is 0. The van der Waals surface area contributed by atoms with E-state index in [0.717, 1.165) is 52.0 Å². The Balaban J connectivity index is 1.79. The van der Waals surface area contributed by atoms with Gasteiger partial charge in [0, 0.05) is 32.3 Å². The molecule has 76 valence electrons. The van der Waals surface area contributed by atoms with E-state index in [4.69, 9.17) is 4.74 Å². The number of piperidine rings is 1. The van der Waals surface area contributed by atoms with Crippen molar-refractivity contribution in [3.63, 3.8) is 0 Å². The fourth-order valence-corrected chi connectivity index (χ4v) is 2.28. The van der Waals surface area contributed by atoms with Crippen molar-refractivity contribution in [3.8, 4) is 0 Å². The van der Waals surface area contributed by atoms with E-state index in [1.54, 1.807) is 0 Å². The van der Waals surface area contributed by atoms with Gasteiger partial charge >= 0.3 is 0 Å². The number of hydrogen-bond acceptors (Lipinski definition) is 2. The average molecular weight is 187 g/mol. The molecule has 0 radical (unpaired) electrons. The molecule has 2 aliphatic rings. The molecular weight excluding hydrogens is 169 g/mol. The first-order valence-corrected chi connectivity index (χ1v) is 5.32. The molecule has 0 aromatic carbocycles. The van der Waals surface area contributed by atoms with Crippen LogP contribution in [-0.4, -0.2) is 43.4 Å². The summed E-state index contributed by atoms with van der Waals surface area (Å²) in [6.45, 7) is 3.68. The van der Waals surface area contributed by atoms with E-state index in [9.17, 15) is 4.39 Å². The minimum atomic E-state index is -0.545. The van der Waals surface area contributed by atoms with Crippen molar-refractivity contribution in [2.24, 2.45) is 0 Å². The van der Waals surface area contributed by atoms with Crippen molar-refractivity contribution in [3.05, 3.63) is 0 Å². The molecule has 2 aliphatic heterocycles. The van der Waals surface area contributed by atoms with Crippen LogP contribution in [0.3, 0.4) is 0 Å². The molecule has 13 heavy (non-hydrogen) atoms. The average Bonchev–Trinajstić information content (AvgIpc) is 2.20. The highest BCUT2D eigenvalue weighted by atomic mass is 19.1. The van der Waals surface area contributed by atoms with Gasteiger partial charge in [-0.3, -0.25) is 4.90 Å². The Morgan fingerprint density at radius 3 is 2.23 bits per heavy atom. The van der Waals surface area contributed by atoms with Crippen LogP contribution >= 0.6 is 0 Å². The lowest BCUT2D eigenvalue weighted by Crippen LogP contribution is -2.44. The van der Waals surface area contributed by atoms with Crippen LogP contribution in [0.5, 0.6) is 0 Å². The number of rotatable bonds is 1. The van der Waals surface area contributed by atoms with Gasteiger partial charge in [0.05, 0.1) is 0 Å². The van der Waals surface area contributed by atoms with Crippen LogP contribution in [0.2, 0.25) is 0 Å². The highest BCUT2D eigenvalue weighted by molar-refractivity contribution is 4.79. The SMILES string of the molecule is FC1CCN(C2CCOCC2)CC1. The minimum absolute atomic E-state index is 0.545. The van der Waals surface area contributed by atoms with E-state index in [2.05, 4.69) is 4.90 Å². The molecule has 0 aromatic rings. The van der Waals surface area contributed by atoms with Crippen LogP contribution < -0.4 is 0 Å². The van der Waals surface area contributed by atoms with E-state index >= 15 is 0 Å². The van der Waals surface area contributed by atoms with Crippen LogP contribution in [0.15, 0.2) is 0 Å². The minimum Gasteiger partial charge on any atom is -0.381 e. The third kappa shape index (κ3) is 2.41. The zero-order chi connectivity index (χ0) is 9.10. The summed E-state index contributed by atoms with van der Waals surface area (Å²) in [5.74, 6) is 0. The quantitative estimate of drug-likeness (QED) is 0.618. The van der Waals surface area contributed by atoms with E-state index in [1.165, 1.54) is 0 Å². The predicted molar refractivity (Wildman–Crippen MR) is 49.5 cm³/mol. The Hall–Kier alpha value is -0.150. The highest BCUT2D eigenvalue weighted by Crippen LogP contribution is 2.20. The molecule has 0 saturated carbocycles. The van der Waals surface area contributed by atoms with Gasteiger partial charge in [-0.25, -0.2) is 4.39 Å². The summed E-state index contributed by atoms with van der Waals surface area (Å²) in [6.07, 6.45) is 3.19. The molecule has 2 nitrogen and oxygen atoms in total. The maximum atomic E-state index is 12.9. The molecule has 0 bridgehead atoms. The number of alkyl halides is 1. The Morgan fingerprint density at radius 1 is 1.00 bits per heavy atom. The zero-order valence-corrected chi connectivity index (χ0v) is 8.04. The van der Waals surface area contributed by atoms with E-state index in [-0.39, 0.29) is 0 Å². The van der Waals surface area contributed by atoms with Crippen molar-refractivity contribution in [2.75, 3.05) is 26.3 Å². The van der Waals surface area contributed by atoms with E-state index in [0.29, 0.717) is 6.04 Å². The summed E-state index contributed by atoms with van der Waals surface area (Å²) in [7, 11) is 0. The van der Waals surface area contributed by atoms with Crippen LogP contribution in [0.4, 0.5) is 4.39 Å². The predicted octanol–water partition coefficient (Wildman–Crippen LogP) is 1.60. The number of likely N-dealkylation sites (tertiary alicyclic amines) is 1. The number of halogens is 1. The fourth-order valence-electron chi connectivity index (χ4n) is 2.28. The van der Waals surface area contributed by atoms with Gasteiger partial charge in [0.15, 0.2) is 0 Å². The van der Waals surface area contributed by atoms with Gasteiger partial charge in [0.1, 0.15) is 6.17 Å². The van der Waals surface area contributed by atoms with Crippen molar-refractivity contribution < 1.29 is 9.13 Å². The molecule has 2 saturated heterocycles. The molecular formula is C10H18FNO. The lowest BCUT2D eigenvalue weighted by molar-refractivity contribution is 0.0179. The molecule has 0 spiro atoms. The second kappa shape index (κ2) is 4.38. The summed E-state index contributed by atoms with van der Waals surface area (Å²) < 4.78 is 18.2. The Labute approximate surface area is 79.1 Å². The third-order valence-electron chi connectivity index (χ3n) is 3.17. The standard InChI is InChI=1S/C10H18FNO/c11-9-1-5-12(6-2-9)10-3-7-13-8-4-10/h9-10H,1-8H2. The summed E-state index contributed by atoms with van der Waals surface area (Å²) >= 11 is 0. The maximum Gasteiger partial charge on any atom is 0.103 e. The fraction of sp³-hybridized carbons (Fsp3) is 1.00. The first kappa shape index (κ1) is 9.41. The summed E-state index contributed by atoms with van der Waals surface area (Å²) in [6, 6.07) is 0.668. The molecule has 0 amide bonds. The molecule has 2 heterocycles. The second-order valence-corrected chi connectivity index (χ2v) is 4.05. The number of ether oxygens (including phenoxy) is 1. The van der Waals surface area contributed by atoms with Crippen LogP contribution in [0, 0.1) is 0 Å². The van der Waals surface area contributed by atoms with E-state index < -0.39 is 6.17 Å². The normalized spacial score (nSPS) is 29.3. The monoisotopic (exact) mass is 187 g/mol. The molecule has 0 N–H and O–H groups in total. The Morgan fingerprint density at radius 2 is 1.62 bits per heavy atom. The van der Waals surface area contributed by atoms with Gasteiger partial charge in [-0.15, -0.1) is 0 Å². The van der Waals surface area contributed by atoms with Crippen LogP contribution in [0.1, 0.15) is 25.7 Å². The topological polar surface area (TPSA) is 12.5 Å². The maximum absolute atomic E-state index is 12.9. The molecule has 2 fully saturated rings. The van der Waals surface area contributed by atoms with Crippen molar-refractivity contribution >= 4 is 0 Å². The van der Waals surface area contributed by atoms with E-state index in [1.807, 2.05) is 0 Å². The van der Waals surface area contributed by atoms with Crippen LogP contribution in [-0.2, 0) is 4.74 Å². The molecule has 0 aromatic heterocycles. The Bertz CT molecular complexity index is 151. The molecule has 3 heteroatoms. The first-order valence-electron chi connectivity index (χ1n) is 5.32. The van der Waals surface area contributed by atoms with Crippen molar-refractivity contribution in [2.45, 2.75) is 37.9 Å². The molecule has 0 aliphatic carbocycles. The van der Waals surface area contributed by atoms with Crippen molar-refractivity contribution in [1.82, 2.24) is 4.90 Å². The summed E-state index contributed by atoms with van der Waals surface area (Å²) in [5, 5.41) is 0. The highest BCUT2D eigenvalue weighted by Gasteiger charge is 2.25. The number of nitrogens with zero attached hydrogens (tertiary/aromatic N) is 1.